The predicted octanol–water partition coefficient (Wildman–Crippen LogP) is 0.477. The van der Waals surface area contributed by atoms with Gasteiger partial charge in [0.05, 0.1) is 18.9 Å². The van der Waals surface area contributed by atoms with Crippen LogP contribution in [0.1, 0.15) is 26.2 Å². The Morgan fingerprint density at radius 3 is 1.83 bits per heavy atom. The Balaban J connectivity index is 3.11. The Morgan fingerprint density at radius 1 is 0.917 bits per heavy atom. The van der Waals surface area contributed by atoms with Gasteiger partial charge < -0.3 is 24.8 Å². The zero-order valence-electron chi connectivity index (χ0n) is 13.0. The highest BCUT2D eigenvalue weighted by Crippen LogP contribution is 2.42. The molecule has 0 unspecified atom stereocenters. The van der Waals surface area contributed by atoms with Gasteiger partial charge in [-0.3, -0.25) is 19.2 Å². The summed E-state index contributed by atoms with van der Waals surface area (Å²) in [5.74, 6) is -6.49. The summed E-state index contributed by atoms with van der Waals surface area (Å²) in [6.45, 7) is 0.926. The molecule has 0 bridgehead atoms. The number of hydrogen-bond donors (Lipinski definition) is 4. The van der Waals surface area contributed by atoms with Crippen LogP contribution in [0, 0.1) is 17.8 Å². The van der Waals surface area contributed by atoms with Gasteiger partial charge in [-0.1, -0.05) is 0 Å². The molecule has 9 nitrogen and oxygen atoms in total. The molecule has 136 valence electrons. The molecule has 1 aliphatic heterocycles. The number of carbonyl (C=O) groups is 4. The van der Waals surface area contributed by atoms with E-state index in [4.69, 9.17) is 24.8 Å². The lowest BCUT2D eigenvalue weighted by Crippen LogP contribution is -2.49. The van der Waals surface area contributed by atoms with Gasteiger partial charge in [0.15, 0.2) is 0 Å². The number of ether oxygens (including phenoxy) is 2. The lowest BCUT2D eigenvalue weighted by atomic mass is 9.72. The van der Waals surface area contributed by atoms with E-state index < -0.39 is 72.4 Å². The van der Waals surface area contributed by atoms with Crippen LogP contribution in [0.25, 0.3) is 0 Å². The van der Waals surface area contributed by atoms with Gasteiger partial charge in [-0.15, -0.1) is 12.6 Å². The van der Waals surface area contributed by atoms with Gasteiger partial charge in [-0.2, -0.15) is 0 Å². The van der Waals surface area contributed by atoms with Gasteiger partial charge in [0, 0.05) is 25.2 Å². The van der Waals surface area contributed by atoms with Crippen LogP contribution in [0.15, 0.2) is 0 Å². The third-order valence-corrected chi connectivity index (χ3v) is 4.44. The number of thiol groups is 1. The zero-order chi connectivity index (χ0) is 18.4. The first kappa shape index (κ1) is 20.2. The fraction of sp³-hybridized carbons (Fsp3) is 0.714. The van der Waals surface area contributed by atoms with E-state index in [1.165, 1.54) is 6.92 Å². The first-order valence-electron chi connectivity index (χ1n) is 7.24. The molecule has 0 saturated carbocycles. The molecule has 1 aliphatic rings. The van der Waals surface area contributed by atoms with Crippen LogP contribution in [0.2, 0.25) is 0 Å². The maximum Gasteiger partial charge on any atom is 0.303 e. The van der Waals surface area contributed by atoms with Gasteiger partial charge in [-0.25, -0.2) is 0 Å². The molecule has 1 rings (SSSR count). The minimum Gasteiger partial charge on any atom is -0.481 e. The van der Waals surface area contributed by atoms with Crippen LogP contribution in [0.3, 0.4) is 0 Å². The highest BCUT2D eigenvalue weighted by Gasteiger charge is 2.47. The number of rotatable bonds is 8. The number of carboxylic acid groups (broad SMARTS) is 3. The van der Waals surface area contributed by atoms with Crippen molar-refractivity contribution in [1.29, 1.82) is 0 Å². The minimum absolute atomic E-state index is 0.250. The summed E-state index contributed by atoms with van der Waals surface area (Å²) < 4.78 is 10.4. The summed E-state index contributed by atoms with van der Waals surface area (Å²) >= 11 is 4.18. The summed E-state index contributed by atoms with van der Waals surface area (Å²) in [4.78, 5) is 44.3. The molecular weight excluding hydrogens is 344 g/mol. The van der Waals surface area contributed by atoms with E-state index >= 15 is 0 Å². The second-order valence-corrected chi connectivity index (χ2v) is 6.16. The maximum absolute atomic E-state index is 11.2. The second kappa shape index (κ2) is 8.88. The molecule has 1 fully saturated rings. The van der Waals surface area contributed by atoms with Crippen molar-refractivity contribution in [2.24, 2.45) is 17.8 Å². The number of esters is 1. The van der Waals surface area contributed by atoms with E-state index in [0.29, 0.717) is 0 Å². The van der Waals surface area contributed by atoms with Crippen molar-refractivity contribution in [2.75, 3.05) is 6.61 Å². The smallest absolute Gasteiger partial charge is 0.303 e. The molecule has 5 atom stereocenters. The number of aliphatic carboxylic acids is 3. The SMILES string of the molecule is CC(=O)OC[C@@H]1O[C@@H](S)[C@H](CC(=O)O)[C@@H](CC(=O)O)[C@H]1CC(=O)O. The predicted molar refractivity (Wildman–Crippen MR) is 81.5 cm³/mol. The van der Waals surface area contributed by atoms with E-state index in [-0.39, 0.29) is 6.61 Å². The fourth-order valence-corrected chi connectivity index (χ4v) is 3.47. The fourth-order valence-electron chi connectivity index (χ4n) is 2.99. The van der Waals surface area contributed by atoms with Gasteiger partial charge in [0.25, 0.3) is 0 Å². The Kier molecular flexibility index (Phi) is 7.49. The lowest BCUT2D eigenvalue weighted by Gasteiger charge is -2.44. The topological polar surface area (TPSA) is 147 Å². The summed E-state index contributed by atoms with van der Waals surface area (Å²) in [7, 11) is 0. The first-order valence-corrected chi connectivity index (χ1v) is 7.75. The average molecular weight is 364 g/mol. The molecule has 0 aromatic carbocycles. The van der Waals surface area contributed by atoms with Crippen molar-refractivity contribution in [2.45, 2.75) is 37.7 Å². The monoisotopic (exact) mass is 364 g/mol. The van der Waals surface area contributed by atoms with Crippen molar-refractivity contribution >= 4 is 36.5 Å². The molecule has 10 heteroatoms. The van der Waals surface area contributed by atoms with Crippen LogP contribution in [0.4, 0.5) is 0 Å². The third kappa shape index (κ3) is 6.00. The van der Waals surface area contributed by atoms with Gasteiger partial charge in [0.2, 0.25) is 0 Å². The number of hydrogen-bond acceptors (Lipinski definition) is 7. The molecule has 1 heterocycles. The molecule has 0 radical (unpaired) electrons. The molecule has 24 heavy (non-hydrogen) atoms. The van der Waals surface area contributed by atoms with Crippen LogP contribution in [-0.4, -0.2) is 57.3 Å². The van der Waals surface area contributed by atoms with Crippen LogP contribution in [0.5, 0.6) is 0 Å². The Labute approximate surface area is 143 Å². The van der Waals surface area contributed by atoms with E-state index in [1.54, 1.807) is 0 Å². The third-order valence-electron chi connectivity index (χ3n) is 3.94. The van der Waals surface area contributed by atoms with Crippen LogP contribution < -0.4 is 0 Å². The summed E-state index contributed by atoms with van der Waals surface area (Å²) in [6.07, 6.45) is -2.13. The largest absolute Gasteiger partial charge is 0.481 e. The molecule has 0 spiro atoms. The van der Waals surface area contributed by atoms with E-state index in [0.717, 1.165) is 0 Å². The first-order chi connectivity index (χ1) is 11.1. The molecule has 0 aromatic rings. The van der Waals surface area contributed by atoms with E-state index in [2.05, 4.69) is 12.6 Å². The quantitative estimate of drug-likeness (QED) is 0.356. The summed E-state index contributed by atoms with van der Waals surface area (Å²) in [5.41, 5.74) is -0.906. The second-order valence-electron chi connectivity index (χ2n) is 5.65. The standard InChI is InChI=1S/C14H20O9S/c1-6(15)22-5-10-8(3-12(18)19)7(2-11(16)17)9(4-13(20)21)14(24)23-10/h7-10,14,24H,2-5H2,1H3,(H,16,17)(H,18,19)(H,20,21)/t7-,8+,9+,10-,14-/m0/s1. The van der Waals surface area contributed by atoms with Gasteiger partial charge >= 0.3 is 23.9 Å². The van der Waals surface area contributed by atoms with Crippen molar-refractivity contribution in [3.63, 3.8) is 0 Å². The lowest BCUT2D eigenvalue weighted by molar-refractivity contribution is -0.172. The highest BCUT2D eigenvalue weighted by atomic mass is 32.1. The average Bonchev–Trinajstić information content (AvgIpc) is 2.42. The number of carboxylic acids is 3. The zero-order valence-corrected chi connectivity index (χ0v) is 13.8. The normalized spacial score (nSPS) is 29.7. The van der Waals surface area contributed by atoms with Crippen molar-refractivity contribution in [3.05, 3.63) is 0 Å². The molecule has 1 saturated heterocycles. The van der Waals surface area contributed by atoms with Gasteiger partial charge in [0.1, 0.15) is 12.0 Å². The molecular formula is C14H20O9S. The van der Waals surface area contributed by atoms with Crippen molar-refractivity contribution < 1.29 is 44.0 Å². The Hall–Kier alpha value is -1.81. The summed E-state index contributed by atoms with van der Waals surface area (Å²) in [6, 6.07) is 0. The minimum atomic E-state index is -1.18. The number of carbonyl (C=O) groups excluding carboxylic acids is 1. The maximum atomic E-state index is 11.2. The van der Waals surface area contributed by atoms with Crippen LogP contribution in [-0.2, 0) is 28.7 Å². The molecule has 0 aliphatic carbocycles. The van der Waals surface area contributed by atoms with E-state index in [9.17, 15) is 19.2 Å². The molecule has 0 amide bonds. The molecule has 3 N–H and O–H groups in total. The van der Waals surface area contributed by atoms with Crippen molar-refractivity contribution in [3.8, 4) is 0 Å². The van der Waals surface area contributed by atoms with Crippen molar-refractivity contribution in [1.82, 2.24) is 0 Å². The highest BCUT2D eigenvalue weighted by molar-refractivity contribution is 7.80. The Morgan fingerprint density at radius 2 is 1.38 bits per heavy atom. The summed E-state index contributed by atoms with van der Waals surface area (Å²) in [5, 5.41) is 27.2. The van der Waals surface area contributed by atoms with Gasteiger partial charge in [-0.05, 0) is 5.92 Å². The Bertz CT molecular complexity index is 506. The van der Waals surface area contributed by atoms with Crippen LogP contribution >= 0.6 is 12.6 Å². The van der Waals surface area contributed by atoms with E-state index in [1.807, 2.05) is 0 Å². The molecule has 0 aromatic heterocycles.